The highest BCUT2D eigenvalue weighted by atomic mass is 79.9. The molecule has 39 heavy (non-hydrogen) atoms. The normalized spacial score (nSPS) is 18.5. The molecule has 0 aliphatic carbocycles. The van der Waals surface area contributed by atoms with Gasteiger partial charge < -0.3 is 0 Å². The maximum Gasteiger partial charge on any atom is 0.169 e. The molecular formula is C32H44BrN5S. The third kappa shape index (κ3) is 6.75. The standard InChI is InChI=1S/C25H33BrN4S.C7H11N/c1-7-25(3,4)20-10-12-21(13-11-20)31(5,6)29-14-8-9-19(17-29)23-15-18(2)30-24(28-23)22(26)16-27-30;1-2-7-4-3-5-8-6-7/h10-13,15-16,19H,5-9,14,17H2,1-4H3;4,6H,2-3,5H2,1H3. The van der Waals surface area contributed by atoms with Gasteiger partial charge in [0.15, 0.2) is 5.65 Å². The van der Waals surface area contributed by atoms with Crippen molar-refractivity contribution in [3.63, 3.8) is 0 Å². The van der Waals surface area contributed by atoms with E-state index in [1.807, 2.05) is 16.9 Å². The second-order valence-electron chi connectivity index (χ2n) is 11.3. The van der Waals surface area contributed by atoms with Crippen molar-refractivity contribution in [2.45, 2.75) is 83.0 Å². The van der Waals surface area contributed by atoms with Gasteiger partial charge in [0.25, 0.3) is 0 Å². The lowest BCUT2D eigenvalue weighted by molar-refractivity contribution is 0.337. The van der Waals surface area contributed by atoms with Crippen LogP contribution in [-0.4, -0.2) is 56.5 Å². The molecule has 2 aromatic heterocycles. The van der Waals surface area contributed by atoms with E-state index in [0.29, 0.717) is 5.92 Å². The molecule has 1 atom stereocenters. The third-order valence-electron chi connectivity index (χ3n) is 8.21. The van der Waals surface area contributed by atoms with Crippen LogP contribution in [0.25, 0.3) is 5.65 Å². The highest BCUT2D eigenvalue weighted by molar-refractivity contribution is 9.10. The van der Waals surface area contributed by atoms with E-state index in [1.165, 1.54) is 16.0 Å². The number of dihydropyridines is 1. The number of hydrogen-bond acceptors (Lipinski definition) is 4. The van der Waals surface area contributed by atoms with Crippen molar-refractivity contribution >= 4 is 48.9 Å². The van der Waals surface area contributed by atoms with Gasteiger partial charge in [0, 0.05) is 48.1 Å². The Bertz CT molecular complexity index is 1450. The van der Waals surface area contributed by atoms with Crippen LogP contribution in [0.5, 0.6) is 0 Å². The molecule has 2 aliphatic heterocycles. The molecule has 4 heterocycles. The number of halogens is 1. The average Bonchev–Trinajstić information content (AvgIpc) is 3.35. The number of rotatable bonds is 6. The Hall–Kier alpha value is -2.22. The first-order chi connectivity index (χ1) is 18.6. The maximum absolute atomic E-state index is 4.95. The minimum atomic E-state index is -1.54. The fraction of sp³-hybridized carbons (Fsp3) is 0.469. The molecule has 1 unspecified atom stereocenters. The van der Waals surface area contributed by atoms with Crippen LogP contribution in [0.2, 0.25) is 0 Å². The van der Waals surface area contributed by atoms with Gasteiger partial charge in [-0.25, -0.2) is 9.50 Å². The predicted molar refractivity (Wildman–Crippen MR) is 175 cm³/mol. The zero-order valence-electron chi connectivity index (χ0n) is 24.3. The molecule has 5 rings (SSSR count). The summed E-state index contributed by atoms with van der Waals surface area (Å²) in [5.74, 6) is 9.65. The molecule has 0 radical (unpaired) electrons. The minimum absolute atomic E-state index is 0.194. The van der Waals surface area contributed by atoms with E-state index in [2.05, 4.69) is 113 Å². The highest BCUT2D eigenvalue weighted by Gasteiger charge is 2.27. The summed E-state index contributed by atoms with van der Waals surface area (Å²) in [5.41, 5.74) is 6.11. The van der Waals surface area contributed by atoms with E-state index in [0.717, 1.165) is 73.2 Å². The number of allylic oxidation sites excluding steroid dienone is 1. The van der Waals surface area contributed by atoms with Crippen LogP contribution >= 0.6 is 25.3 Å². The number of hydrogen-bond donors (Lipinski definition) is 0. The summed E-state index contributed by atoms with van der Waals surface area (Å²) in [6.07, 6.45) is 11.7. The van der Waals surface area contributed by atoms with Crippen molar-refractivity contribution < 1.29 is 0 Å². The quantitative estimate of drug-likeness (QED) is 0.265. The first-order valence-corrected chi connectivity index (χ1v) is 16.8. The van der Waals surface area contributed by atoms with E-state index in [9.17, 15) is 0 Å². The number of aryl methyl sites for hydroxylation is 1. The molecular weight excluding hydrogens is 566 g/mol. The van der Waals surface area contributed by atoms with Crippen LogP contribution < -0.4 is 0 Å². The molecule has 7 heteroatoms. The topological polar surface area (TPSA) is 45.8 Å². The van der Waals surface area contributed by atoms with Crippen LogP contribution in [0.1, 0.15) is 82.7 Å². The Morgan fingerprint density at radius 1 is 1.15 bits per heavy atom. The predicted octanol–water partition coefficient (Wildman–Crippen LogP) is 8.11. The van der Waals surface area contributed by atoms with Crippen molar-refractivity contribution in [3.05, 3.63) is 69.6 Å². The number of nitrogens with zero attached hydrogens (tertiary/aromatic N) is 5. The Labute approximate surface area is 244 Å². The Kier molecular flexibility index (Phi) is 9.56. The Morgan fingerprint density at radius 2 is 1.90 bits per heavy atom. The van der Waals surface area contributed by atoms with Gasteiger partial charge in [0.2, 0.25) is 0 Å². The molecule has 210 valence electrons. The maximum atomic E-state index is 4.95. The van der Waals surface area contributed by atoms with Crippen LogP contribution in [0, 0.1) is 6.92 Å². The summed E-state index contributed by atoms with van der Waals surface area (Å²) < 4.78 is 5.34. The molecule has 0 N–H and O–H groups in total. The van der Waals surface area contributed by atoms with Gasteiger partial charge in [-0.15, -0.1) is 9.39 Å². The van der Waals surface area contributed by atoms with Gasteiger partial charge in [0.1, 0.15) is 0 Å². The highest BCUT2D eigenvalue weighted by Crippen LogP contribution is 2.42. The first-order valence-electron chi connectivity index (χ1n) is 14.1. The summed E-state index contributed by atoms with van der Waals surface area (Å²) in [4.78, 5) is 10.3. The van der Waals surface area contributed by atoms with Crippen molar-refractivity contribution in [2.75, 3.05) is 19.6 Å². The summed E-state index contributed by atoms with van der Waals surface area (Å²) in [5, 5.41) is 4.41. The van der Waals surface area contributed by atoms with E-state index in [4.69, 9.17) is 4.98 Å². The fourth-order valence-corrected chi connectivity index (χ4v) is 7.36. The van der Waals surface area contributed by atoms with Crippen molar-refractivity contribution in [1.29, 1.82) is 0 Å². The molecule has 0 saturated carbocycles. The minimum Gasteiger partial charge on any atom is -0.293 e. The zero-order chi connectivity index (χ0) is 28.2. The molecule has 0 bridgehead atoms. The first kappa shape index (κ1) is 29.8. The molecule has 1 fully saturated rings. The number of aromatic nitrogens is 3. The molecule has 3 aromatic rings. The van der Waals surface area contributed by atoms with Crippen LogP contribution in [0.4, 0.5) is 0 Å². The van der Waals surface area contributed by atoms with Crippen molar-refractivity contribution in [2.24, 2.45) is 4.99 Å². The van der Waals surface area contributed by atoms with Gasteiger partial charge in [-0.2, -0.15) is 5.10 Å². The molecule has 5 nitrogen and oxygen atoms in total. The van der Waals surface area contributed by atoms with Crippen LogP contribution in [0.15, 0.2) is 62.5 Å². The fourth-order valence-electron chi connectivity index (χ4n) is 5.13. The lowest BCUT2D eigenvalue weighted by atomic mass is 9.82. The van der Waals surface area contributed by atoms with Crippen molar-refractivity contribution in [1.82, 2.24) is 18.9 Å². The smallest absolute Gasteiger partial charge is 0.169 e. The van der Waals surface area contributed by atoms with Gasteiger partial charge in [-0.05, 0) is 89.7 Å². The van der Waals surface area contributed by atoms with Gasteiger partial charge in [-0.3, -0.25) is 9.30 Å². The summed E-state index contributed by atoms with van der Waals surface area (Å²) in [6, 6.07) is 11.2. The molecule has 0 amide bonds. The van der Waals surface area contributed by atoms with Crippen LogP contribution in [0.3, 0.4) is 0 Å². The molecule has 0 spiro atoms. The van der Waals surface area contributed by atoms with Crippen LogP contribution in [-0.2, 0) is 5.41 Å². The van der Waals surface area contributed by atoms with E-state index in [1.54, 1.807) is 0 Å². The second-order valence-corrected chi connectivity index (χ2v) is 14.9. The van der Waals surface area contributed by atoms with Crippen molar-refractivity contribution in [3.8, 4) is 0 Å². The largest absolute Gasteiger partial charge is 0.293 e. The Morgan fingerprint density at radius 3 is 2.51 bits per heavy atom. The van der Waals surface area contributed by atoms with Gasteiger partial charge >= 0.3 is 0 Å². The molecule has 2 aliphatic rings. The van der Waals surface area contributed by atoms with Gasteiger partial charge in [-0.1, -0.05) is 57.6 Å². The van der Waals surface area contributed by atoms with E-state index in [-0.39, 0.29) is 5.41 Å². The van der Waals surface area contributed by atoms with Gasteiger partial charge in [0.05, 0.1) is 10.7 Å². The average molecular weight is 611 g/mol. The summed E-state index contributed by atoms with van der Waals surface area (Å²) >= 11 is 3.59. The lowest BCUT2D eigenvalue weighted by Crippen LogP contribution is -2.32. The monoisotopic (exact) mass is 609 g/mol. The Balaban J connectivity index is 0.000000379. The number of aliphatic imine (C=N–C) groups is 1. The number of fused-ring (bicyclic) bond motifs is 1. The lowest BCUT2D eigenvalue weighted by Gasteiger charge is -2.38. The van der Waals surface area contributed by atoms with E-state index >= 15 is 0 Å². The summed E-state index contributed by atoms with van der Waals surface area (Å²) in [6.45, 7) is 14.1. The molecule has 1 saturated heterocycles. The third-order valence-corrected chi connectivity index (χ3v) is 11.2. The SMILES string of the molecule is C=S(=C)(c1ccc(C(C)(C)CC)cc1)N1CCCC(c2cc(C)n3ncc(Br)c3n2)C1.CCC1=CCCN=C1. The number of piperidine rings is 1. The number of benzene rings is 1. The second kappa shape index (κ2) is 12.5. The zero-order valence-corrected chi connectivity index (χ0v) is 26.7. The molecule has 1 aromatic carbocycles. The summed E-state index contributed by atoms with van der Waals surface area (Å²) in [7, 11) is -1.54. The van der Waals surface area contributed by atoms with E-state index < -0.39 is 9.39 Å².